The molecule has 0 bridgehead atoms. The van der Waals surface area contributed by atoms with E-state index in [1.54, 1.807) is 26.0 Å². The molecule has 10 heteroatoms. The molecule has 2 aromatic rings. The van der Waals surface area contributed by atoms with Gasteiger partial charge >= 0.3 is 5.97 Å². The van der Waals surface area contributed by atoms with Gasteiger partial charge in [-0.1, -0.05) is 27.7 Å². The Bertz CT molecular complexity index is 1080. The van der Waals surface area contributed by atoms with Crippen LogP contribution in [-0.4, -0.2) is 51.3 Å². The number of fused-ring (bicyclic) bond motifs is 2. The van der Waals surface area contributed by atoms with Gasteiger partial charge in [0.2, 0.25) is 5.60 Å². The summed E-state index contributed by atoms with van der Waals surface area (Å²) in [6.45, 7) is 11.2. The second-order valence-corrected chi connectivity index (χ2v) is 9.90. The van der Waals surface area contributed by atoms with Crippen LogP contribution in [-0.2, 0) is 29.3 Å². The van der Waals surface area contributed by atoms with Crippen molar-refractivity contribution in [1.29, 1.82) is 5.26 Å². The fraction of sp³-hybridized carbons (Fsp3) is 0.636. The molecular weight excluding hydrogens is 414 g/mol. The molecule has 0 radical (unpaired) electrons. The molecule has 2 aliphatic heterocycles. The Morgan fingerprint density at radius 3 is 2.72 bits per heavy atom. The van der Waals surface area contributed by atoms with Crippen molar-refractivity contribution in [1.82, 2.24) is 14.6 Å². The zero-order valence-electron chi connectivity index (χ0n) is 19.2. The summed E-state index contributed by atoms with van der Waals surface area (Å²) in [7, 11) is 0. The fourth-order valence-corrected chi connectivity index (χ4v) is 4.11. The average Bonchev–Trinajstić information content (AvgIpc) is 3.36. The zero-order valence-corrected chi connectivity index (χ0v) is 19.2. The lowest BCUT2D eigenvalue weighted by Crippen LogP contribution is -2.40. The smallest absolute Gasteiger partial charge is 0.309 e. The van der Waals surface area contributed by atoms with Crippen molar-refractivity contribution in [3.63, 3.8) is 0 Å². The molecule has 32 heavy (non-hydrogen) atoms. The number of ether oxygens (including phenoxy) is 4. The Hall–Kier alpha value is -2.74. The van der Waals surface area contributed by atoms with E-state index in [1.165, 1.54) is 10.8 Å². The number of aromatic nitrogens is 3. The molecule has 172 valence electrons. The van der Waals surface area contributed by atoms with Gasteiger partial charge < -0.3 is 24.7 Å². The summed E-state index contributed by atoms with van der Waals surface area (Å²) in [5, 5.41) is 14.6. The Balaban J connectivity index is 1.68. The van der Waals surface area contributed by atoms with Crippen molar-refractivity contribution in [3.8, 4) is 6.07 Å². The van der Waals surface area contributed by atoms with E-state index in [0.717, 1.165) is 0 Å². The third-order valence-corrected chi connectivity index (χ3v) is 6.30. The average molecular weight is 444 g/mol. The molecule has 0 unspecified atom stereocenters. The Morgan fingerprint density at radius 1 is 1.34 bits per heavy atom. The van der Waals surface area contributed by atoms with Gasteiger partial charge in [-0.15, -0.1) is 0 Å². The molecule has 0 amide bonds. The van der Waals surface area contributed by atoms with E-state index in [9.17, 15) is 10.1 Å². The molecule has 5 atom stereocenters. The van der Waals surface area contributed by atoms with E-state index >= 15 is 0 Å². The monoisotopic (exact) mass is 443 g/mol. The molecule has 4 rings (SSSR count). The summed E-state index contributed by atoms with van der Waals surface area (Å²) in [6.07, 6.45) is -0.776. The van der Waals surface area contributed by atoms with Crippen LogP contribution in [0.1, 0.15) is 47.2 Å². The Morgan fingerprint density at radius 2 is 2.06 bits per heavy atom. The van der Waals surface area contributed by atoms with Crippen LogP contribution in [0.5, 0.6) is 0 Å². The van der Waals surface area contributed by atoms with Crippen LogP contribution in [0.4, 0.5) is 5.82 Å². The lowest BCUT2D eigenvalue weighted by Gasteiger charge is -2.29. The van der Waals surface area contributed by atoms with E-state index in [2.05, 4.69) is 16.2 Å². The third kappa shape index (κ3) is 3.50. The predicted molar refractivity (Wildman–Crippen MR) is 113 cm³/mol. The van der Waals surface area contributed by atoms with Gasteiger partial charge in [0.05, 0.1) is 11.6 Å². The van der Waals surface area contributed by atoms with Gasteiger partial charge in [-0.2, -0.15) is 10.4 Å². The molecule has 0 aliphatic carbocycles. The first kappa shape index (κ1) is 22.5. The second-order valence-electron chi connectivity index (χ2n) is 9.90. The van der Waals surface area contributed by atoms with Crippen LogP contribution in [0.2, 0.25) is 0 Å². The molecule has 4 heterocycles. The van der Waals surface area contributed by atoms with Crippen LogP contribution in [0.25, 0.3) is 5.52 Å². The van der Waals surface area contributed by atoms with Gasteiger partial charge in [0.1, 0.15) is 42.8 Å². The van der Waals surface area contributed by atoms with Crippen LogP contribution < -0.4 is 5.73 Å². The van der Waals surface area contributed by atoms with Gasteiger partial charge in [-0.25, -0.2) is 9.50 Å². The zero-order chi connectivity index (χ0) is 23.5. The van der Waals surface area contributed by atoms with Crippen molar-refractivity contribution in [3.05, 3.63) is 24.2 Å². The first-order chi connectivity index (χ1) is 14.9. The van der Waals surface area contributed by atoms with Gasteiger partial charge in [0.15, 0.2) is 11.6 Å². The van der Waals surface area contributed by atoms with E-state index in [4.69, 9.17) is 24.7 Å². The maximum atomic E-state index is 12.6. The third-order valence-electron chi connectivity index (χ3n) is 6.30. The first-order valence-electron chi connectivity index (χ1n) is 10.6. The number of anilines is 1. The molecule has 2 aromatic heterocycles. The lowest BCUT2D eigenvalue weighted by atomic mass is 9.82. The summed E-state index contributed by atoms with van der Waals surface area (Å²) < 4.78 is 25.6. The number of rotatable bonds is 4. The van der Waals surface area contributed by atoms with E-state index in [-0.39, 0.29) is 29.7 Å². The SMILES string of the molecule is C[C@@H](C(=O)OC[C@H]1O[C@@](C#N)(c2ccc3c(N)ncnn23)[C@@H]2OC(C)(C)O[C@@H]21)C(C)(C)C. The number of carbonyl (C=O) groups is 1. The number of hydrogen-bond acceptors (Lipinski definition) is 9. The minimum absolute atomic E-state index is 0.0658. The first-order valence-corrected chi connectivity index (χ1v) is 10.6. The summed E-state index contributed by atoms with van der Waals surface area (Å²) in [6, 6.07) is 5.71. The van der Waals surface area contributed by atoms with Crippen molar-refractivity contribution >= 4 is 17.3 Å². The summed E-state index contributed by atoms with van der Waals surface area (Å²) in [5.74, 6) is -1.31. The van der Waals surface area contributed by atoms with Crippen LogP contribution >= 0.6 is 0 Å². The van der Waals surface area contributed by atoms with Crippen molar-refractivity contribution < 1.29 is 23.7 Å². The van der Waals surface area contributed by atoms with Crippen LogP contribution in [0, 0.1) is 22.7 Å². The molecule has 0 aromatic carbocycles. The van der Waals surface area contributed by atoms with Gasteiger partial charge in [0.25, 0.3) is 0 Å². The molecular formula is C22H29N5O5. The fourth-order valence-electron chi connectivity index (χ4n) is 4.11. The number of nitrogen functional groups attached to an aromatic ring is 1. The highest BCUT2D eigenvalue weighted by Gasteiger charge is 2.65. The number of nitriles is 1. The Kier molecular flexibility index (Phi) is 5.19. The maximum Gasteiger partial charge on any atom is 0.309 e. The van der Waals surface area contributed by atoms with Gasteiger partial charge in [-0.3, -0.25) is 4.79 Å². The largest absolute Gasteiger partial charge is 0.463 e. The number of carbonyl (C=O) groups excluding carboxylic acids is 1. The topological polar surface area (TPSA) is 134 Å². The van der Waals surface area contributed by atoms with Gasteiger partial charge in [-0.05, 0) is 31.4 Å². The lowest BCUT2D eigenvalue weighted by molar-refractivity contribution is -0.207. The number of nitrogens with zero attached hydrogens (tertiary/aromatic N) is 4. The van der Waals surface area contributed by atoms with E-state index < -0.39 is 29.7 Å². The summed E-state index contributed by atoms with van der Waals surface area (Å²) in [5.41, 5.74) is 5.17. The Labute approximate surface area is 186 Å². The summed E-state index contributed by atoms with van der Waals surface area (Å²) >= 11 is 0. The normalized spacial score (nSPS) is 30.1. The highest BCUT2D eigenvalue weighted by Crippen LogP contribution is 2.49. The standard InChI is InChI=1S/C22H29N5O5/c1-12(20(2,3)4)19(28)29-9-14-16-17(32-21(5,6)31-16)22(10-23,30-14)15-8-7-13-18(24)25-11-26-27(13)15/h7-8,11-12,14,16-17H,9H2,1-6H3,(H2,24,25,26)/t12-,14+,16+,17+,22-/m0/s1. The highest BCUT2D eigenvalue weighted by atomic mass is 16.8. The van der Waals surface area contributed by atoms with Gasteiger partial charge in [0, 0.05) is 0 Å². The minimum atomic E-state index is -1.54. The predicted octanol–water partition coefficient (Wildman–Crippen LogP) is 2.17. The van der Waals surface area contributed by atoms with Crippen molar-refractivity contribution in [2.24, 2.45) is 11.3 Å². The van der Waals surface area contributed by atoms with Crippen LogP contribution in [0.15, 0.2) is 18.5 Å². The minimum Gasteiger partial charge on any atom is -0.463 e. The second kappa shape index (κ2) is 7.40. The molecule has 2 N–H and O–H groups in total. The quantitative estimate of drug-likeness (QED) is 0.705. The summed E-state index contributed by atoms with van der Waals surface area (Å²) in [4.78, 5) is 16.6. The van der Waals surface area contributed by atoms with E-state index in [1.807, 2.05) is 27.7 Å². The molecule has 2 fully saturated rings. The molecule has 2 aliphatic rings. The van der Waals surface area contributed by atoms with Crippen LogP contribution in [0.3, 0.4) is 0 Å². The molecule has 2 saturated heterocycles. The van der Waals surface area contributed by atoms with Crippen molar-refractivity contribution in [2.75, 3.05) is 12.3 Å². The number of hydrogen-bond donors (Lipinski definition) is 1. The highest BCUT2D eigenvalue weighted by molar-refractivity contribution is 5.72. The van der Waals surface area contributed by atoms with Crippen molar-refractivity contribution in [2.45, 2.75) is 71.2 Å². The molecule has 10 nitrogen and oxygen atoms in total. The van der Waals surface area contributed by atoms with E-state index in [0.29, 0.717) is 11.2 Å². The number of nitrogens with two attached hydrogens (primary N) is 1. The molecule has 0 saturated carbocycles. The maximum absolute atomic E-state index is 12.6. The number of esters is 1. The molecule has 0 spiro atoms.